The molecule has 5 heteroatoms. The van der Waals surface area contributed by atoms with Gasteiger partial charge in [0.25, 0.3) is 0 Å². The zero-order valence-corrected chi connectivity index (χ0v) is 5.83. The summed E-state index contributed by atoms with van der Waals surface area (Å²) < 4.78 is 12.9. The highest BCUT2D eigenvalue weighted by molar-refractivity contribution is 5.23. The fourth-order valence-corrected chi connectivity index (χ4v) is 0.703. The van der Waals surface area contributed by atoms with Crippen LogP contribution in [0.5, 0.6) is 0 Å². The van der Waals surface area contributed by atoms with E-state index in [1.54, 1.807) is 0 Å². The first-order valence-electron chi connectivity index (χ1n) is 3.13. The third kappa shape index (κ3) is 1.76. The summed E-state index contributed by atoms with van der Waals surface area (Å²) in [5, 5.41) is 0. The van der Waals surface area contributed by atoms with Crippen LogP contribution in [0.1, 0.15) is 0 Å². The van der Waals surface area contributed by atoms with Crippen molar-refractivity contribution >= 4 is 5.82 Å². The number of hydrogen-bond acceptors (Lipinski definition) is 3. The Balaban J connectivity index is 3.00. The van der Waals surface area contributed by atoms with Gasteiger partial charge in [-0.2, -0.15) is 4.98 Å². The molecule has 0 aliphatic rings. The third-order valence-electron chi connectivity index (χ3n) is 1.22. The van der Waals surface area contributed by atoms with E-state index in [4.69, 9.17) is 5.73 Å². The van der Waals surface area contributed by atoms with E-state index < -0.39 is 12.4 Å². The van der Waals surface area contributed by atoms with Crippen LogP contribution < -0.4 is 11.4 Å². The summed E-state index contributed by atoms with van der Waals surface area (Å²) in [5.41, 5.74) is 4.69. The van der Waals surface area contributed by atoms with Gasteiger partial charge in [0, 0.05) is 6.20 Å². The molecule has 0 amide bonds. The minimum Gasteiger partial charge on any atom is -0.383 e. The first-order chi connectivity index (χ1) is 5.24. The van der Waals surface area contributed by atoms with E-state index in [2.05, 4.69) is 4.98 Å². The SMILES string of the molecule is Nc1ccn(CCF)c(=O)n1. The maximum absolute atomic E-state index is 11.7. The molecule has 1 rings (SSSR count). The number of hydrogen-bond donors (Lipinski definition) is 1. The minimum atomic E-state index is -0.578. The second-order valence-electron chi connectivity index (χ2n) is 2.02. The molecule has 0 aromatic carbocycles. The number of anilines is 1. The van der Waals surface area contributed by atoms with Gasteiger partial charge in [0.15, 0.2) is 0 Å². The number of aryl methyl sites for hydroxylation is 1. The molecule has 60 valence electrons. The maximum atomic E-state index is 11.7. The van der Waals surface area contributed by atoms with Crippen molar-refractivity contribution in [3.63, 3.8) is 0 Å². The van der Waals surface area contributed by atoms with Crippen LogP contribution in [0.25, 0.3) is 0 Å². The molecule has 0 unspecified atom stereocenters. The number of rotatable bonds is 2. The van der Waals surface area contributed by atoms with E-state index in [-0.39, 0.29) is 12.4 Å². The van der Waals surface area contributed by atoms with Gasteiger partial charge in [0.05, 0.1) is 6.54 Å². The minimum absolute atomic E-state index is 0.0338. The Hall–Kier alpha value is -1.39. The summed E-state index contributed by atoms with van der Waals surface area (Å²) in [4.78, 5) is 14.2. The predicted octanol–water partition coefficient (Wildman–Crippen LogP) is -0.205. The molecule has 0 spiro atoms. The van der Waals surface area contributed by atoms with E-state index in [9.17, 15) is 9.18 Å². The highest BCUT2D eigenvalue weighted by Crippen LogP contribution is 1.88. The maximum Gasteiger partial charge on any atom is 0.349 e. The summed E-state index contributed by atoms with van der Waals surface area (Å²) in [5.74, 6) is 0.158. The molecule has 0 fully saturated rings. The van der Waals surface area contributed by atoms with Gasteiger partial charge in [-0.25, -0.2) is 9.18 Å². The number of halogens is 1. The van der Waals surface area contributed by atoms with Crippen LogP contribution in [-0.4, -0.2) is 16.2 Å². The van der Waals surface area contributed by atoms with Crippen LogP contribution in [0, 0.1) is 0 Å². The van der Waals surface area contributed by atoms with Crippen molar-refractivity contribution in [2.45, 2.75) is 6.54 Å². The van der Waals surface area contributed by atoms with E-state index in [0.717, 1.165) is 4.57 Å². The molecule has 1 aromatic heterocycles. The summed E-state index contributed by atoms with van der Waals surface area (Å²) in [7, 11) is 0. The van der Waals surface area contributed by atoms with Gasteiger partial charge < -0.3 is 5.73 Å². The number of nitrogens with two attached hydrogens (primary N) is 1. The Morgan fingerprint density at radius 1 is 1.73 bits per heavy atom. The predicted molar refractivity (Wildman–Crippen MR) is 38.9 cm³/mol. The molecule has 1 aromatic rings. The van der Waals surface area contributed by atoms with Crippen LogP contribution in [0.3, 0.4) is 0 Å². The van der Waals surface area contributed by atoms with E-state index in [0.29, 0.717) is 0 Å². The van der Waals surface area contributed by atoms with Crippen LogP contribution in [0.15, 0.2) is 17.1 Å². The molecule has 0 saturated heterocycles. The second-order valence-corrected chi connectivity index (χ2v) is 2.02. The van der Waals surface area contributed by atoms with E-state index in [1.807, 2.05) is 0 Å². The number of nitrogens with zero attached hydrogens (tertiary/aromatic N) is 2. The van der Waals surface area contributed by atoms with Crippen molar-refractivity contribution in [1.29, 1.82) is 0 Å². The molecule has 0 atom stereocenters. The van der Waals surface area contributed by atoms with Crippen molar-refractivity contribution in [1.82, 2.24) is 9.55 Å². The average Bonchev–Trinajstić information content (AvgIpc) is 1.95. The average molecular weight is 157 g/mol. The van der Waals surface area contributed by atoms with Crippen molar-refractivity contribution in [2.24, 2.45) is 0 Å². The molecular formula is C6H8FN3O. The monoisotopic (exact) mass is 157 g/mol. The molecule has 1 heterocycles. The van der Waals surface area contributed by atoms with Gasteiger partial charge >= 0.3 is 5.69 Å². The molecule has 0 radical (unpaired) electrons. The van der Waals surface area contributed by atoms with E-state index >= 15 is 0 Å². The number of nitrogen functional groups attached to an aromatic ring is 1. The fraction of sp³-hybridized carbons (Fsp3) is 0.333. The zero-order chi connectivity index (χ0) is 8.27. The first-order valence-corrected chi connectivity index (χ1v) is 3.13. The Kier molecular flexibility index (Phi) is 2.20. The van der Waals surface area contributed by atoms with Gasteiger partial charge in [0.2, 0.25) is 0 Å². The van der Waals surface area contributed by atoms with E-state index in [1.165, 1.54) is 12.3 Å². The largest absolute Gasteiger partial charge is 0.383 e. The normalized spacial score (nSPS) is 9.91. The molecular weight excluding hydrogens is 149 g/mol. The second kappa shape index (κ2) is 3.14. The first kappa shape index (κ1) is 7.71. The van der Waals surface area contributed by atoms with Crippen molar-refractivity contribution in [2.75, 3.05) is 12.4 Å². The van der Waals surface area contributed by atoms with Crippen LogP contribution >= 0.6 is 0 Å². The fourth-order valence-electron chi connectivity index (χ4n) is 0.703. The summed E-state index contributed by atoms with van der Waals surface area (Å²) >= 11 is 0. The Morgan fingerprint density at radius 3 is 3.00 bits per heavy atom. The Labute approximate surface area is 62.5 Å². The lowest BCUT2D eigenvalue weighted by Crippen LogP contribution is -2.23. The molecule has 0 bridgehead atoms. The van der Waals surface area contributed by atoms with Gasteiger partial charge in [0.1, 0.15) is 12.5 Å². The molecule has 4 nitrogen and oxygen atoms in total. The van der Waals surface area contributed by atoms with Gasteiger partial charge in [-0.15, -0.1) is 0 Å². The lowest BCUT2D eigenvalue weighted by molar-refractivity contribution is 0.437. The Bertz CT molecular complexity index is 296. The smallest absolute Gasteiger partial charge is 0.349 e. The highest BCUT2D eigenvalue weighted by Gasteiger charge is 1.95. The lowest BCUT2D eigenvalue weighted by Gasteiger charge is -1.99. The van der Waals surface area contributed by atoms with Gasteiger partial charge in [-0.1, -0.05) is 0 Å². The molecule has 2 N–H and O–H groups in total. The van der Waals surface area contributed by atoms with Crippen LogP contribution in [0.4, 0.5) is 10.2 Å². The van der Waals surface area contributed by atoms with Crippen molar-refractivity contribution in [3.05, 3.63) is 22.7 Å². The topological polar surface area (TPSA) is 60.9 Å². The Morgan fingerprint density at radius 2 is 2.45 bits per heavy atom. The summed E-state index contributed by atoms with van der Waals surface area (Å²) in [6.45, 7) is -0.544. The summed E-state index contributed by atoms with van der Waals surface area (Å²) in [6.07, 6.45) is 1.42. The standard InChI is InChI=1S/C6H8FN3O/c7-2-4-10-3-1-5(8)9-6(10)11/h1,3H,2,4H2,(H2,8,9,11). The highest BCUT2D eigenvalue weighted by atomic mass is 19.1. The quantitative estimate of drug-likeness (QED) is 0.646. The zero-order valence-electron chi connectivity index (χ0n) is 5.83. The third-order valence-corrected chi connectivity index (χ3v) is 1.22. The van der Waals surface area contributed by atoms with Crippen LogP contribution in [0.2, 0.25) is 0 Å². The molecule has 0 saturated carbocycles. The molecule has 11 heavy (non-hydrogen) atoms. The molecule has 0 aliphatic carbocycles. The molecule has 0 aliphatic heterocycles. The van der Waals surface area contributed by atoms with Crippen molar-refractivity contribution < 1.29 is 4.39 Å². The number of aromatic nitrogens is 2. The van der Waals surface area contributed by atoms with Gasteiger partial charge in [-0.05, 0) is 6.07 Å². The summed E-state index contributed by atoms with van der Waals surface area (Å²) in [6, 6.07) is 1.46. The lowest BCUT2D eigenvalue weighted by atomic mass is 10.5. The van der Waals surface area contributed by atoms with Crippen LogP contribution in [-0.2, 0) is 6.54 Å². The number of alkyl halides is 1. The van der Waals surface area contributed by atoms with Gasteiger partial charge in [-0.3, -0.25) is 4.57 Å². The van der Waals surface area contributed by atoms with Crippen molar-refractivity contribution in [3.8, 4) is 0 Å².